The average molecular weight is 196 g/mol. The van der Waals surface area contributed by atoms with Crippen molar-refractivity contribution in [2.45, 2.75) is 57.0 Å². The van der Waals surface area contributed by atoms with Crippen LogP contribution in [0.4, 0.5) is 0 Å². The standard InChI is InChI=1S/C12H24N2/c1-14(11-4-2-3-5-11)9-8-12(13)10-6-7-10/h10-12H,2-9,13H2,1H3. The summed E-state index contributed by atoms with van der Waals surface area (Å²) in [6.07, 6.45) is 9.66. The van der Waals surface area contributed by atoms with E-state index in [9.17, 15) is 0 Å². The van der Waals surface area contributed by atoms with Gasteiger partial charge >= 0.3 is 0 Å². The molecule has 0 aromatic rings. The number of nitrogens with zero attached hydrogens (tertiary/aromatic N) is 1. The smallest absolute Gasteiger partial charge is 0.00922 e. The first-order chi connectivity index (χ1) is 6.77. The van der Waals surface area contributed by atoms with E-state index in [0.717, 1.165) is 12.0 Å². The van der Waals surface area contributed by atoms with E-state index >= 15 is 0 Å². The maximum atomic E-state index is 6.10. The molecule has 0 aromatic heterocycles. The number of hydrogen-bond donors (Lipinski definition) is 1. The molecule has 2 nitrogen and oxygen atoms in total. The molecule has 2 fully saturated rings. The van der Waals surface area contributed by atoms with Gasteiger partial charge in [-0.1, -0.05) is 12.8 Å². The fraction of sp³-hybridized carbons (Fsp3) is 1.00. The molecule has 0 spiro atoms. The molecule has 0 aromatic carbocycles. The van der Waals surface area contributed by atoms with Gasteiger partial charge in [0.1, 0.15) is 0 Å². The Kier molecular flexibility index (Phi) is 3.45. The fourth-order valence-corrected chi connectivity index (χ4v) is 2.64. The van der Waals surface area contributed by atoms with Crippen molar-refractivity contribution >= 4 is 0 Å². The lowest BCUT2D eigenvalue weighted by Gasteiger charge is -2.25. The molecule has 2 rings (SSSR count). The van der Waals surface area contributed by atoms with E-state index in [2.05, 4.69) is 11.9 Å². The van der Waals surface area contributed by atoms with E-state index < -0.39 is 0 Å². The van der Waals surface area contributed by atoms with Crippen LogP contribution in [0.15, 0.2) is 0 Å². The van der Waals surface area contributed by atoms with Crippen LogP contribution < -0.4 is 5.73 Å². The lowest BCUT2D eigenvalue weighted by atomic mass is 10.1. The second kappa shape index (κ2) is 4.63. The van der Waals surface area contributed by atoms with Crippen molar-refractivity contribution in [1.82, 2.24) is 4.90 Å². The Balaban J connectivity index is 1.63. The highest BCUT2D eigenvalue weighted by Gasteiger charge is 2.28. The van der Waals surface area contributed by atoms with E-state index in [1.54, 1.807) is 0 Å². The Morgan fingerprint density at radius 1 is 1.21 bits per heavy atom. The molecular formula is C12H24N2. The van der Waals surface area contributed by atoms with Crippen LogP contribution in [-0.4, -0.2) is 30.6 Å². The molecule has 0 aliphatic heterocycles. The summed E-state index contributed by atoms with van der Waals surface area (Å²) in [5.74, 6) is 0.868. The zero-order valence-electron chi connectivity index (χ0n) is 9.41. The average Bonchev–Trinajstić information content (AvgIpc) is 2.90. The van der Waals surface area contributed by atoms with Gasteiger partial charge in [-0.05, 0) is 51.6 Å². The van der Waals surface area contributed by atoms with Gasteiger partial charge in [0.15, 0.2) is 0 Å². The highest BCUT2D eigenvalue weighted by molar-refractivity contribution is 4.85. The highest BCUT2D eigenvalue weighted by Crippen LogP contribution is 2.33. The summed E-state index contributed by atoms with van der Waals surface area (Å²) in [5, 5.41) is 0. The molecular weight excluding hydrogens is 172 g/mol. The van der Waals surface area contributed by atoms with E-state index in [4.69, 9.17) is 5.73 Å². The Morgan fingerprint density at radius 3 is 2.43 bits per heavy atom. The first kappa shape index (κ1) is 10.4. The van der Waals surface area contributed by atoms with E-state index in [0.29, 0.717) is 6.04 Å². The molecule has 1 unspecified atom stereocenters. The zero-order valence-corrected chi connectivity index (χ0v) is 9.41. The number of hydrogen-bond acceptors (Lipinski definition) is 2. The van der Waals surface area contributed by atoms with Gasteiger partial charge in [-0.25, -0.2) is 0 Å². The van der Waals surface area contributed by atoms with Gasteiger partial charge in [0, 0.05) is 12.1 Å². The van der Waals surface area contributed by atoms with Crippen molar-refractivity contribution in [3.63, 3.8) is 0 Å². The first-order valence-electron chi connectivity index (χ1n) is 6.23. The van der Waals surface area contributed by atoms with Gasteiger partial charge in [0.05, 0.1) is 0 Å². The second-order valence-electron chi connectivity index (χ2n) is 5.21. The largest absolute Gasteiger partial charge is 0.327 e. The third-order valence-corrected chi connectivity index (χ3v) is 3.99. The van der Waals surface area contributed by atoms with E-state index in [1.165, 1.54) is 51.5 Å². The van der Waals surface area contributed by atoms with Crippen LogP contribution in [-0.2, 0) is 0 Å². The minimum absolute atomic E-state index is 0.485. The van der Waals surface area contributed by atoms with E-state index in [-0.39, 0.29) is 0 Å². The Labute approximate surface area is 87.8 Å². The van der Waals surface area contributed by atoms with Crippen LogP contribution in [0.25, 0.3) is 0 Å². The molecule has 14 heavy (non-hydrogen) atoms. The zero-order chi connectivity index (χ0) is 9.97. The molecule has 2 heteroatoms. The van der Waals surface area contributed by atoms with Crippen molar-refractivity contribution < 1.29 is 0 Å². The van der Waals surface area contributed by atoms with E-state index in [1.807, 2.05) is 0 Å². The molecule has 2 N–H and O–H groups in total. The van der Waals surface area contributed by atoms with Crippen LogP contribution >= 0.6 is 0 Å². The monoisotopic (exact) mass is 196 g/mol. The lowest BCUT2D eigenvalue weighted by Crippen LogP contribution is -2.34. The second-order valence-corrected chi connectivity index (χ2v) is 5.21. The van der Waals surface area contributed by atoms with Gasteiger partial charge in [0.2, 0.25) is 0 Å². The quantitative estimate of drug-likeness (QED) is 0.728. The predicted molar refractivity (Wildman–Crippen MR) is 60.2 cm³/mol. The van der Waals surface area contributed by atoms with Crippen molar-refractivity contribution in [3.8, 4) is 0 Å². The summed E-state index contributed by atoms with van der Waals surface area (Å²) in [5.41, 5.74) is 6.10. The number of nitrogens with two attached hydrogens (primary N) is 1. The minimum Gasteiger partial charge on any atom is -0.327 e. The van der Waals surface area contributed by atoms with Gasteiger partial charge in [-0.2, -0.15) is 0 Å². The van der Waals surface area contributed by atoms with Crippen LogP contribution in [0.2, 0.25) is 0 Å². The van der Waals surface area contributed by atoms with Crippen LogP contribution in [0.3, 0.4) is 0 Å². The van der Waals surface area contributed by atoms with Crippen molar-refractivity contribution in [1.29, 1.82) is 0 Å². The Bertz CT molecular complexity index is 171. The molecule has 2 saturated carbocycles. The summed E-state index contributed by atoms with van der Waals surface area (Å²) in [4.78, 5) is 2.54. The predicted octanol–water partition coefficient (Wildman–Crippen LogP) is 1.99. The Hall–Kier alpha value is -0.0800. The SMILES string of the molecule is CN(CCC(N)C1CC1)C1CCCC1. The Morgan fingerprint density at radius 2 is 1.86 bits per heavy atom. The molecule has 0 radical (unpaired) electrons. The maximum Gasteiger partial charge on any atom is 0.00922 e. The van der Waals surface area contributed by atoms with Crippen LogP contribution in [0.1, 0.15) is 44.9 Å². The maximum absolute atomic E-state index is 6.10. The summed E-state index contributed by atoms with van der Waals surface area (Å²) in [6.45, 7) is 1.21. The first-order valence-corrected chi connectivity index (χ1v) is 6.23. The van der Waals surface area contributed by atoms with Crippen molar-refractivity contribution in [2.75, 3.05) is 13.6 Å². The van der Waals surface area contributed by atoms with Gasteiger partial charge in [-0.3, -0.25) is 0 Å². The third-order valence-electron chi connectivity index (χ3n) is 3.99. The van der Waals surface area contributed by atoms with Gasteiger partial charge in [-0.15, -0.1) is 0 Å². The number of rotatable bonds is 5. The molecule has 0 saturated heterocycles. The molecule has 82 valence electrons. The summed E-state index contributed by atoms with van der Waals surface area (Å²) < 4.78 is 0. The summed E-state index contributed by atoms with van der Waals surface area (Å²) >= 11 is 0. The fourth-order valence-electron chi connectivity index (χ4n) is 2.64. The van der Waals surface area contributed by atoms with Gasteiger partial charge < -0.3 is 10.6 Å². The lowest BCUT2D eigenvalue weighted by molar-refractivity contribution is 0.234. The molecule has 2 aliphatic rings. The third kappa shape index (κ3) is 2.71. The molecule has 0 amide bonds. The molecule has 2 aliphatic carbocycles. The van der Waals surface area contributed by atoms with Crippen LogP contribution in [0.5, 0.6) is 0 Å². The molecule has 1 atom stereocenters. The van der Waals surface area contributed by atoms with Gasteiger partial charge in [0.25, 0.3) is 0 Å². The summed E-state index contributed by atoms with van der Waals surface area (Å²) in [6, 6.07) is 1.35. The molecule has 0 heterocycles. The van der Waals surface area contributed by atoms with Crippen molar-refractivity contribution in [3.05, 3.63) is 0 Å². The topological polar surface area (TPSA) is 29.3 Å². The van der Waals surface area contributed by atoms with Crippen LogP contribution in [0, 0.1) is 5.92 Å². The highest BCUT2D eigenvalue weighted by atomic mass is 15.1. The molecule has 0 bridgehead atoms. The minimum atomic E-state index is 0.485. The van der Waals surface area contributed by atoms with Crippen molar-refractivity contribution in [2.24, 2.45) is 11.7 Å². The summed E-state index contributed by atoms with van der Waals surface area (Å²) in [7, 11) is 2.27. The normalized spacial score (nSPS) is 25.9.